The fourth-order valence-electron chi connectivity index (χ4n) is 4.05. The molecule has 0 atom stereocenters. The first-order chi connectivity index (χ1) is 14.6. The van der Waals surface area contributed by atoms with Gasteiger partial charge < -0.3 is 14.8 Å². The first kappa shape index (κ1) is 21.2. The molecule has 5 rings (SSSR count). The summed E-state index contributed by atoms with van der Waals surface area (Å²) >= 11 is 0. The first-order valence-corrected chi connectivity index (χ1v) is 9.99. The fraction of sp³-hybridized carbons (Fsp3) is 0.333. The zero-order valence-corrected chi connectivity index (χ0v) is 17.7. The van der Waals surface area contributed by atoms with E-state index >= 15 is 0 Å². The van der Waals surface area contributed by atoms with E-state index in [0.29, 0.717) is 35.0 Å². The normalized spacial score (nSPS) is 14.6. The molecule has 0 saturated carbocycles. The summed E-state index contributed by atoms with van der Waals surface area (Å²) in [6.45, 7) is 3.70. The van der Waals surface area contributed by atoms with Gasteiger partial charge in [-0.15, -0.1) is 12.4 Å². The van der Waals surface area contributed by atoms with Crippen LogP contribution in [0.1, 0.15) is 41.5 Å². The third-order valence-electron chi connectivity index (χ3n) is 5.54. The highest BCUT2D eigenvalue weighted by Gasteiger charge is 2.24. The van der Waals surface area contributed by atoms with Crippen LogP contribution in [0.15, 0.2) is 39.6 Å². The second kappa shape index (κ2) is 8.60. The summed E-state index contributed by atoms with van der Waals surface area (Å²) in [7, 11) is 0. The molecule has 4 aromatic rings. The number of piperidine rings is 1. The lowest BCUT2D eigenvalue weighted by molar-refractivity contribution is 0.424. The van der Waals surface area contributed by atoms with Crippen molar-refractivity contribution in [3.05, 3.63) is 69.3 Å². The summed E-state index contributed by atoms with van der Waals surface area (Å²) in [4.78, 5) is 19.8. The molecule has 1 aromatic carbocycles. The Balaban J connectivity index is 0.00000231. The predicted molar refractivity (Wildman–Crippen MR) is 115 cm³/mol. The molecule has 1 fully saturated rings. The number of rotatable bonds is 4. The van der Waals surface area contributed by atoms with Gasteiger partial charge in [-0.3, -0.25) is 4.79 Å². The maximum atomic E-state index is 13.1. The molecular formula is C21H22ClFN6O2. The SMILES string of the molecule is Cc1nn2c(C3CCNCC3)cc(=O)[nH]c2c1-c1nc(Cc2ccc(F)cc2)no1.Cl. The Kier molecular flexibility index (Phi) is 5.88. The van der Waals surface area contributed by atoms with E-state index in [9.17, 15) is 9.18 Å². The molecule has 0 aliphatic carbocycles. The standard InChI is InChI=1S/C21H21FN6O2.ClH/c1-12-19(21-24-17(27-30-21)10-13-2-4-15(22)5-3-13)20-25-18(29)11-16(28(20)26-12)14-6-8-23-9-7-14;/h2-5,11,14,23H,6-10H2,1H3,(H,25,29);1H. The Morgan fingerprint density at radius 3 is 2.71 bits per heavy atom. The van der Waals surface area contributed by atoms with Crippen LogP contribution in [0.5, 0.6) is 0 Å². The average Bonchev–Trinajstić information content (AvgIpc) is 3.33. The van der Waals surface area contributed by atoms with E-state index in [4.69, 9.17) is 4.52 Å². The van der Waals surface area contributed by atoms with Gasteiger partial charge in [0.25, 0.3) is 11.4 Å². The van der Waals surface area contributed by atoms with Crippen molar-refractivity contribution < 1.29 is 8.91 Å². The molecule has 0 bridgehead atoms. The maximum Gasteiger partial charge on any atom is 0.263 e. The van der Waals surface area contributed by atoms with Gasteiger partial charge in [0.05, 0.1) is 11.4 Å². The predicted octanol–water partition coefficient (Wildman–Crippen LogP) is 3.00. The summed E-state index contributed by atoms with van der Waals surface area (Å²) in [6, 6.07) is 7.81. The summed E-state index contributed by atoms with van der Waals surface area (Å²) in [6.07, 6.45) is 2.32. The van der Waals surface area contributed by atoms with Gasteiger partial charge in [-0.2, -0.15) is 10.1 Å². The Morgan fingerprint density at radius 2 is 1.97 bits per heavy atom. The molecule has 3 aromatic heterocycles. The number of aromatic nitrogens is 5. The minimum absolute atomic E-state index is 0. The monoisotopic (exact) mass is 444 g/mol. The van der Waals surface area contributed by atoms with Crippen LogP contribution in [0.3, 0.4) is 0 Å². The minimum Gasteiger partial charge on any atom is -0.334 e. The molecule has 31 heavy (non-hydrogen) atoms. The van der Waals surface area contributed by atoms with Gasteiger partial charge >= 0.3 is 0 Å². The largest absolute Gasteiger partial charge is 0.334 e. The molecule has 0 unspecified atom stereocenters. The average molecular weight is 445 g/mol. The van der Waals surface area contributed by atoms with Crippen LogP contribution >= 0.6 is 12.4 Å². The third kappa shape index (κ3) is 4.11. The van der Waals surface area contributed by atoms with Crippen molar-refractivity contribution in [3.63, 3.8) is 0 Å². The Morgan fingerprint density at radius 1 is 1.23 bits per heavy atom. The lowest BCUT2D eigenvalue weighted by Gasteiger charge is -2.23. The number of halogens is 2. The highest BCUT2D eigenvalue weighted by Crippen LogP contribution is 2.30. The molecule has 162 valence electrons. The number of benzene rings is 1. The molecule has 8 nitrogen and oxygen atoms in total. The zero-order chi connectivity index (χ0) is 20.7. The van der Waals surface area contributed by atoms with Gasteiger partial charge in [0.2, 0.25) is 0 Å². The molecule has 0 spiro atoms. The summed E-state index contributed by atoms with van der Waals surface area (Å²) in [5.74, 6) is 0.757. The van der Waals surface area contributed by atoms with Crippen molar-refractivity contribution in [2.75, 3.05) is 13.1 Å². The third-order valence-corrected chi connectivity index (χ3v) is 5.54. The van der Waals surface area contributed by atoms with E-state index in [0.717, 1.165) is 37.2 Å². The van der Waals surface area contributed by atoms with E-state index in [2.05, 4.69) is 25.5 Å². The molecule has 0 amide bonds. The number of aryl methyl sites for hydroxylation is 1. The highest BCUT2D eigenvalue weighted by atomic mass is 35.5. The van der Waals surface area contributed by atoms with Crippen molar-refractivity contribution in [2.24, 2.45) is 0 Å². The van der Waals surface area contributed by atoms with Crippen LogP contribution in [-0.2, 0) is 6.42 Å². The van der Waals surface area contributed by atoms with Gasteiger partial charge in [0, 0.05) is 18.4 Å². The molecule has 1 aliphatic rings. The number of nitrogens with zero attached hydrogens (tertiary/aromatic N) is 4. The summed E-state index contributed by atoms with van der Waals surface area (Å²) in [5.41, 5.74) is 3.48. The van der Waals surface area contributed by atoms with E-state index in [1.807, 2.05) is 6.92 Å². The highest BCUT2D eigenvalue weighted by molar-refractivity contribution is 5.85. The van der Waals surface area contributed by atoms with Crippen LogP contribution in [0.25, 0.3) is 17.1 Å². The minimum atomic E-state index is -0.289. The second-order valence-corrected chi connectivity index (χ2v) is 7.62. The van der Waals surface area contributed by atoms with Crippen LogP contribution in [-0.4, -0.2) is 37.8 Å². The number of hydrogen-bond donors (Lipinski definition) is 2. The van der Waals surface area contributed by atoms with Crippen LogP contribution in [0.2, 0.25) is 0 Å². The molecule has 4 heterocycles. The Bertz CT molecular complexity index is 1260. The quantitative estimate of drug-likeness (QED) is 0.501. The van der Waals surface area contributed by atoms with Crippen molar-refractivity contribution >= 4 is 18.1 Å². The van der Waals surface area contributed by atoms with Crippen LogP contribution in [0, 0.1) is 12.7 Å². The van der Waals surface area contributed by atoms with Crippen molar-refractivity contribution in [1.82, 2.24) is 30.1 Å². The van der Waals surface area contributed by atoms with Crippen molar-refractivity contribution in [2.45, 2.75) is 32.1 Å². The molecule has 1 saturated heterocycles. The molecule has 0 radical (unpaired) electrons. The lowest BCUT2D eigenvalue weighted by atomic mass is 9.94. The van der Waals surface area contributed by atoms with E-state index in [1.54, 1.807) is 22.7 Å². The maximum absolute atomic E-state index is 13.1. The van der Waals surface area contributed by atoms with E-state index in [1.165, 1.54) is 12.1 Å². The van der Waals surface area contributed by atoms with Crippen molar-refractivity contribution in [3.8, 4) is 11.5 Å². The molecule has 2 N–H and O–H groups in total. The Labute approximate surface area is 183 Å². The van der Waals surface area contributed by atoms with Crippen molar-refractivity contribution in [1.29, 1.82) is 0 Å². The summed E-state index contributed by atoms with van der Waals surface area (Å²) < 4.78 is 20.4. The van der Waals surface area contributed by atoms with E-state index < -0.39 is 0 Å². The Hall–Kier alpha value is -3.04. The number of fused-ring (bicyclic) bond motifs is 1. The zero-order valence-electron chi connectivity index (χ0n) is 16.9. The lowest BCUT2D eigenvalue weighted by Crippen LogP contribution is -2.28. The molecule has 1 aliphatic heterocycles. The number of hydrogen-bond acceptors (Lipinski definition) is 6. The smallest absolute Gasteiger partial charge is 0.263 e. The van der Waals surface area contributed by atoms with Crippen LogP contribution in [0.4, 0.5) is 4.39 Å². The van der Waals surface area contributed by atoms with E-state index in [-0.39, 0.29) is 29.7 Å². The second-order valence-electron chi connectivity index (χ2n) is 7.62. The van der Waals surface area contributed by atoms with Gasteiger partial charge in [0.15, 0.2) is 5.82 Å². The summed E-state index contributed by atoms with van der Waals surface area (Å²) in [5, 5.41) is 12.1. The van der Waals surface area contributed by atoms with Gasteiger partial charge in [-0.05, 0) is 50.6 Å². The fourth-order valence-corrected chi connectivity index (χ4v) is 4.05. The van der Waals surface area contributed by atoms with Gasteiger partial charge in [0.1, 0.15) is 17.0 Å². The van der Waals surface area contributed by atoms with Gasteiger partial charge in [-0.1, -0.05) is 17.3 Å². The molecular weight excluding hydrogens is 423 g/mol. The number of nitrogens with one attached hydrogen (secondary N) is 2. The first-order valence-electron chi connectivity index (χ1n) is 9.99. The number of aromatic amines is 1. The number of H-pyrrole nitrogens is 1. The topological polar surface area (TPSA) is 101 Å². The molecule has 10 heteroatoms. The van der Waals surface area contributed by atoms with Crippen LogP contribution < -0.4 is 10.9 Å². The van der Waals surface area contributed by atoms with Gasteiger partial charge in [-0.25, -0.2) is 8.91 Å².